The fourth-order valence-electron chi connectivity index (χ4n) is 2.72. The lowest BCUT2D eigenvalue weighted by Crippen LogP contribution is -1.96. The van der Waals surface area contributed by atoms with Crippen LogP contribution in [0.5, 0.6) is 0 Å². The van der Waals surface area contributed by atoms with Crippen molar-refractivity contribution in [3.05, 3.63) is 71.5 Å². The average molecular weight is 350 g/mol. The van der Waals surface area contributed by atoms with Gasteiger partial charge in [0.05, 0.1) is 12.7 Å². The molecule has 0 fully saturated rings. The molecular weight excluding hydrogens is 318 g/mol. The van der Waals surface area contributed by atoms with E-state index in [1.54, 1.807) is 0 Å². The molecule has 0 aliphatic heterocycles. The number of rotatable bonds is 9. The van der Waals surface area contributed by atoms with Crippen molar-refractivity contribution in [2.24, 2.45) is 0 Å². The fraction of sp³-hybridized carbons (Fsp3) is 0.391. The number of hydrogen-bond donors (Lipinski definition) is 0. The Bertz CT molecular complexity index is 760. The van der Waals surface area contributed by atoms with Crippen LogP contribution >= 0.6 is 0 Å². The molecule has 0 aliphatic rings. The summed E-state index contributed by atoms with van der Waals surface area (Å²) < 4.78 is 1.90. The molecule has 3 heteroatoms. The molecule has 0 unspecified atom stereocenters. The minimum absolute atomic E-state index is 0.773. The number of benzene rings is 1. The summed E-state index contributed by atoms with van der Waals surface area (Å²) >= 11 is 0. The summed E-state index contributed by atoms with van der Waals surface area (Å²) in [7, 11) is 0. The van der Waals surface area contributed by atoms with Crippen molar-refractivity contribution in [1.82, 2.24) is 15.0 Å². The lowest BCUT2D eigenvalue weighted by Gasteiger charge is -2.02. The Morgan fingerprint density at radius 3 is 2.23 bits per heavy atom. The molecule has 0 spiro atoms. The summed E-state index contributed by atoms with van der Waals surface area (Å²) in [5.41, 5.74) is 6.31. The maximum Gasteiger partial charge on any atom is 0.113 e. The molecule has 0 radical (unpaired) electrons. The second kappa shape index (κ2) is 10.5. The van der Waals surface area contributed by atoms with Gasteiger partial charge in [-0.05, 0) is 53.4 Å². The summed E-state index contributed by atoms with van der Waals surface area (Å²) in [6.07, 6.45) is 13.5. The molecule has 0 saturated carbocycles. The van der Waals surface area contributed by atoms with E-state index in [4.69, 9.17) is 0 Å². The van der Waals surface area contributed by atoms with Gasteiger partial charge in [-0.2, -0.15) is 0 Å². The first-order chi connectivity index (χ1) is 12.5. The third-order valence-corrected chi connectivity index (χ3v) is 4.36. The lowest BCUT2D eigenvalue weighted by molar-refractivity contribution is 0.657. The average Bonchev–Trinajstić information content (AvgIpc) is 3.09. The normalized spacial score (nSPS) is 12.3. The maximum absolute atomic E-state index is 4.26. The molecule has 0 aliphatic carbocycles. The van der Waals surface area contributed by atoms with Crippen LogP contribution in [0.15, 0.2) is 71.5 Å². The van der Waals surface area contributed by atoms with Gasteiger partial charge < -0.3 is 0 Å². The van der Waals surface area contributed by atoms with Crippen LogP contribution in [0.3, 0.4) is 0 Å². The van der Waals surface area contributed by atoms with E-state index < -0.39 is 0 Å². The fourth-order valence-corrected chi connectivity index (χ4v) is 2.72. The largest absolute Gasteiger partial charge is 0.248 e. The Kier molecular flexibility index (Phi) is 8.07. The lowest BCUT2D eigenvalue weighted by atomic mass is 10.1. The molecule has 3 nitrogen and oxygen atoms in total. The third-order valence-electron chi connectivity index (χ3n) is 4.36. The zero-order valence-electron chi connectivity index (χ0n) is 16.6. The van der Waals surface area contributed by atoms with Crippen LogP contribution in [0.2, 0.25) is 0 Å². The molecule has 1 heterocycles. The molecular formula is C23H31N3. The molecule has 1 aromatic heterocycles. The van der Waals surface area contributed by atoms with Crippen molar-refractivity contribution < 1.29 is 0 Å². The summed E-state index contributed by atoms with van der Waals surface area (Å²) in [5, 5.41) is 8.49. The van der Waals surface area contributed by atoms with Crippen LogP contribution in [-0.4, -0.2) is 15.0 Å². The van der Waals surface area contributed by atoms with Gasteiger partial charge in [-0.25, -0.2) is 4.68 Å². The molecule has 138 valence electrons. The van der Waals surface area contributed by atoms with Crippen molar-refractivity contribution in [3.8, 4) is 11.3 Å². The van der Waals surface area contributed by atoms with Gasteiger partial charge in [0, 0.05) is 5.56 Å². The van der Waals surface area contributed by atoms with Gasteiger partial charge in [-0.1, -0.05) is 70.5 Å². The number of aromatic nitrogens is 3. The van der Waals surface area contributed by atoms with Gasteiger partial charge in [-0.3, -0.25) is 0 Å². The van der Waals surface area contributed by atoms with Gasteiger partial charge >= 0.3 is 0 Å². The molecule has 0 N–H and O–H groups in total. The number of allylic oxidation sites excluding steroid dienone is 6. The highest BCUT2D eigenvalue weighted by Crippen LogP contribution is 2.15. The highest BCUT2D eigenvalue weighted by molar-refractivity contribution is 5.57. The smallest absolute Gasteiger partial charge is 0.113 e. The van der Waals surface area contributed by atoms with E-state index in [2.05, 4.69) is 68.4 Å². The van der Waals surface area contributed by atoms with E-state index in [9.17, 15) is 0 Å². The van der Waals surface area contributed by atoms with Gasteiger partial charge in [0.15, 0.2) is 0 Å². The van der Waals surface area contributed by atoms with Gasteiger partial charge in [0.25, 0.3) is 0 Å². The van der Waals surface area contributed by atoms with Crippen molar-refractivity contribution in [2.75, 3.05) is 0 Å². The minimum atomic E-state index is 0.773. The molecule has 2 rings (SSSR count). The highest BCUT2D eigenvalue weighted by Gasteiger charge is 2.02. The summed E-state index contributed by atoms with van der Waals surface area (Å²) in [6.45, 7) is 9.52. The Balaban J connectivity index is 1.78. The first-order valence-electron chi connectivity index (χ1n) is 9.45. The first-order valence-corrected chi connectivity index (χ1v) is 9.45. The number of nitrogens with zero attached hydrogens (tertiary/aromatic N) is 3. The monoisotopic (exact) mass is 349 g/mol. The standard InChI is InChI=1S/C23H31N3/c1-19(2)10-8-11-20(3)12-9-13-21(4)16-17-26-18-23(24-25-26)22-14-6-5-7-15-22/h5-7,10,12,14-16,18H,8-9,11,13,17H2,1-4H3/b20-12+,21-16+. The van der Waals surface area contributed by atoms with Crippen LogP contribution in [0.4, 0.5) is 0 Å². The summed E-state index contributed by atoms with van der Waals surface area (Å²) in [5.74, 6) is 0. The topological polar surface area (TPSA) is 30.7 Å². The molecule has 1 aromatic carbocycles. The predicted molar refractivity (Wildman–Crippen MR) is 111 cm³/mol. The number of hydrogen-bond acceptors (Lipinski definition) is 2. The predicted octanol–water partition coefficient (Wildman–Crippen LogP) is 6.36. The van der Waals surface area contributed by atoms with E-state index in [0.717, 1.165) is 43.5 Å². The van der Waals surface area contributed by atoms with E-state index in [1.807, 2.05) is 29.1 Å². The Hall–Kier alpha value is -2.42. The molecule has 0 bridgehead atoms. The van der Waals surface area contributed by atoms with Crippen LogP contribution in [0, 0.1) is 0 Å². The van der Waals surface area contributed by atoms with Crippen molar-refractivity contribution >= 4 is 0 Å². The quantitative estimate of drug-likeness (QED) is 0.493. The zero-order chi connectivity index (χ0) is 18.8. The summed E-state index contributed by atoms with van der Waals surface area (Å²) in [4.78, 5) is 0. The van der Waals surface area contributed by atoms with Crippen molar-refractivity contribution in [1.29, 1.82) is 0 Å². The highest BCUT2D eigenvalue weighted by atomic mass is 15.4. The maximum atomic E-state index is 4.26. The molecule has 0 amide bonds. The second-order valence-electron chi connectivity index (χ2n) is 7.15. The van der Waals surface area contributed by atoms with Gasteiger partial charge in [-0.15, -0.1) is 5.10 Å². The van der Waals surface area contributed by atoms with Crippen LogP contribution in [0.25, 0.3) is 11.3 Å². The van der Waals surface area contributed by atoms with E-state index in [1.165, 1.54) is 16.7 Å². The van der Waals surface area contributed by atoms with E-state index >= 15 is 0 Å². The SMILES string of the molecule is CC(C)=CCC/C(C)=C/CC/C(C)=C/Cn1cc(-c2ccccc2)nn1. The second-order valence-corrected chi connectivity index (χ2v) is 7.15. The van der Waals surface area contributed by atoms with Crippen LogP contribution in [-0.2, 0) is 6.54 Å². The van der Waals surface area contributed by atoms with E-state index in [-0.39, 0.29) is 0 Å². The van der Waals surface area contributed by atoms with Crippen molar-refractivity contribution in [3.63, 3.8) is 0 Å². The Labute approximate surface area is 158 Å². The van der Waals surface area contributed by atoms with Gasteiger partial charge in [0.2, 0.25) is 0 Å². The van der Waals surface area contributed by atoms with Crippen LogP contribution < -0.4 is 0 Å². The molecule has 0 saturated heterocycles. The zero-order valence-corrected chi connectivity index (χ0v) is 16.6. The Morgan fingerprint density at radius 2 is 1.54 bits per heavy atom. The first kappa shape index (κ1) is 19.9. The Morgan fingerprint density at radius 1 is 0.885 bits per heavy atom. The molecule has 2 aromatic rings. The third kappa shape index (κ3) is 7.22. The minimum Gasteiger partial charge on any atom is -0.248 e. The van der Waals surface area contributed by atoms with Gasteiger partial charge in [0.1, 0.15) is 5.69 Å². The molecule has 26 heavy (non-hydrogen) atoms. The van der Waals surface area contributed by atoms with Crippen LogP contribution in [0.1, 0.15) is 53.4 Å². The molecule has 0 atom stereocenters. The summed E-state index contributed by atoms with van der Waals surface area (Å²) in [6, 6.07) is 10.2. The van der Waals surface area contributed by atoms with Crippen molar-refractivity contribution in [2.45, 2.75) is 59.9 Å². The van der Waals surface area contributed by atoms with E-state index in [0.29, 0.717) is 0 Å².